The van der Waals surface area contributed by atoms with Crippen LogP contribution < -0.4 is 20.7 Å². The number of aliphatic hydroxyl groups is 2. The van der Waals surface area contributed by atoms with E-state index in [9.17, 15) is 10.2 Å². The number of halogens is 2. The molecule has 1 aromatic carbocycles. The highest BCUT2D eigenvalue weighted by Gasteiger charge is 2.36. The van der Waals surface area contributed by atoms with Crippen LogP contribution in [0.1, 0.15) is 27.2 Å². The summed E-state index contributed by atoms with van der Waals surface area (Å²) in [5.74, 6) is -0.0600. The number of hydrogen-bond donors (Lipinski definition) is 4. The minimum absolute atomic E-state index is 0.0679. The maximum absolute atomic E-state index is 15.1. The third-order valence-corrected chi connectivity index (χ3v) is 6.50. The first-order valence-corrected chi connectivity index (χ1v) is 11.3. The first-order valence-electron chi connectivity index (χ1n) is 11.0. The molecule has 9 nitrogen and oxygen atoms in total. The number of hydrogen-bond acceptors (Lipinski definition) is 9. The van der Waals surface area contributed by atoms with Crippen molar-refractivity contribution in [3.8, 4) is 17.0 Å². The number of anilines is 3. The van der Waals surface area contributed by atoms with Crippen LogP contribution in [0.4, 0.5) is 21.7 Å². The van der Waals surface area contributed by atoms with Crippen LogP contribution in [0.15, 0.2) is 12.3 Å². The van der Waals surface area contributed by atoms with Gasteiger partial charge in [0.15, 0.2) is 5.75 Å². The van der Waals surface area contributed by atoms with E-state index in [0.717, 1.165) is 0 Å². The number of rotatable bonds is 5. The van der Waals surface area contributed by atoms with Gasteiger partial charge in [0.2, 0.25) is 5.95 Å². The van der Waals surface area contributed by atoms with Crippen LogP contribution in [0.25, 0.3) is 11.3 Å². The van der Waals surface area contributed by atoms with Gasteiger partial charge in [0.05, 0.1) is 59.5 Å². The van der Waals surface area contributed by atoms with Gasteiger partial charge in [-0.05, 0) is 33.3 Å². The van der Waals surface area contributed by atoms with E-state index < -0.39 is 18.0 Å². The summed E-state index contributed by atoms with van der Waals surface area (Å²) >= 11 is 6.43. The Balaban J connectivity index is 1.79. The molecule has 0 saturated carbocycles. The Morgan fingerprint density at radius 2 is 2.12 bits per heavy atom. The Bertz CT molecular complexity index is 1030. The zero-order valence-corrected chi connectivity index (χ0v) is 19.5. The molecule has 3 heterocycles. The van der Waals surface area contributed by atoms with E-state index in [-0.39, 0.29) is 47.1 Å². The number of nitrogens with one attached hydrogen (secondary N) is 1. The number of benzene rings is 1. The molecule has 2 aromatic rings. The van der Waals surface area contributed by atoms with Crippen LogP contribution in [0.3, 0.4) is 0 Å². The predicted octanol–water partition coefficient (Wildman–Crippen LogP) is 2.44. The van der Waals surface area contributed by atoms with Crippen LogP contribution >= 0.6 is 11.6 Å². The number of aromatic nitrogens is 2. The lowest BCUT2D eigenvalue weighted by Crippen LogP contribution is -2.50. The van der Waals surface area contributed by atoms with Gasteiger partial charge in [0, 0.05) is 12.2 Å². The Labute approximate surface area is 196 Å². The summed E-state index contributed by atoms with van der Waals surface area (Å²) in [6.07, 6.45) is 0.610. The number of nitrogen functional groups attached to an aromatic ring is 1. The summed E-state index contributed by atoms with van der Waals surface area (Å²) in [5, 5.41) is 23.7. The smallest absolute Gasteiger partial charge is 0.223 e. The maximum Gasteiger partial charge on any atom is 0.223 e. The van der Waals surface area contributed by atoms with Crippen LogP contribution in [0.2, 0.25) is 5.02 Å². The minimum Gasteiger partial charge on any atom is -0.488 e. The van der Waals surface area contributed by atoms with Crippen LogP contribution in [-0.4, -0.2) is 70.3 Å². The van der Waals surface area contributed by atoms with Crippen molar-refractivity contribution < 1.29 is 24.1 Å². The first kappa shape index (κ1) is 23.7. The highest BCUT2D eigenvalue weighted by atomic mass is 35.5. The van der Waals surface area contributed by atoms with Crippen LogP contribution in [-0.2, 0) is 4.74 Å². The van der Waals surface area contributed by atoms with Crippen molar-refractivity contribution in [3.05, 3.63) is 23.1 Å². The Morgan fingerprint density at radius 3 is 2.82 bits per heavy atom. The second-order valence-corrected chi connectivity index (χ2v) is 9.02. The van der Waals surface area contributed by atoms with E-state index in [1.165, 1.54) is 12.3 Å². The molecule has 0 spiro atoms. The average molecular weight is 482 g/mol. The van der Waals surface area contributed by atoms with Crippen molar-refractivity contribution in [2.75, 3.05) is 35.8 Å². The third kappa shape index (κ3) is 4.52. The van der Waals surface area contributed by atoms with E-state index in [2.05, 4.69) is 15.3 Å². The molecular weight excluding hydrogens is 453 g/mol. The standard InChI is InChI=1S/C22H29ClFN5O4/c1-10-8-33-21-13(6-15(24)18(25)20(21)29(10)11(2)12(3)30)19-14(23)7-26-22(28-19)27-16-4-5-32-9-17(16)31/h6-7,10-12,16-17,30-31H,4-5,8-9,25H2,1-3H3,(H,26,27,28). The van der Waals surface area contributed by atoms with Crippen molar-refractivity contribution in [1.29, 1.82) is 0 Å². The zero-order chi connectivity index (χ0) is 23.9. The molecule has 33 heavy (non-hydrogen) atoms. The number of fused-ring (bicyclic) bond motifs is 1. The molecule has 1 saturated heterocycles. The molecule has 0 radical (unpaired) electrons. The van der Waals surface area contributed by atoms with Gasteiger partial charge >= 0.3 is 0 Å². The van der Waals surface area contributed by atoms with Crippen molar-refractivity contribution in [3.63, 3.8) is 0 Å². The average Bonchev–Trinajstić information content (AvgIpc) is 2.78. The van der Waals surface area contributed by atoms with Gasteiger partial charge in [-0.1, -0.05) is 11.6 Å². The Kier molecular flexibility index (Phi) is 6.81. The summed E-state index contributed by atoms with van der Waals surface area (Å²) in [6, 6.07) is 0.473. The lowest BCUT2D eigenvalue weighted by atomic mass is 10.0. The van der Waals surface area contributed by atoms with Crippen molar-refractivity contribution in [1.82, 2.24) is 9.97 Å². The number of aliphatic hydroxyl groups excluding tert-OH is 2. The van der Waals surface area contributed by atoms with Gasteiger partial charge in [-0.3, -0.25) is 0 Å². The molecule has 4 rings (SSSR count). The number of ether oxygens (including phenoxy) is 2. The highest BCUT2D eigenvalue weighted by molar-refractivity contribution is 6.33. The maximum atomic E-state index is 15.1. The summed E-state index contributed by atoms with van der Waals surface area (Å²) in [6.45, 7) is 6.48. The molecule has 0 amide bonds. The Hall–Kier alpha value is -2.40. The summed E-state index contributed by atoms with van der Waals surface area (Å²) in [7, 11) is 0. The first-order chi connectivity index (χ1) is 15.7. The van der Waals surface area contributed by atoms with E-state index >= 15 is 4.39 Å². The predicted molar refractivity (Wildman–Crippen MR) is 124 cm³/mol. The van der Waals surface area contributed by atoms with Crippen molar-refractivity contribution in [2.45, 2.75) is 57.5 Å². The van der Waals surface area contributed by atoms with Gasteiger partial charge in [-0.2, -0.15) is 0 Å². The fraction of sp³-hybridized carbons (Fsp3) is 0.545. The van der Waals surface area contributed by atoms with Gasteiger partial charge < -0.3 is 35.6 Å². The quantitative estimate of drug-likeness (QED) is 0.476. The molecule has 0 aliphatic carbocycles. The third-order valence-electron chi connectivity index (χ3n) is 6.22. The largest absolute Gasteiger partial charge is 0.488 e. The lowest BCUT2D eigenvalue weighted by molar-refractivity contribution is -0.0136. The number of nitrogens with zero attached hydrogens (tertiary/aromatic N) is 3. The summed E-state index contributed by atoms with van der Waals surface area (Å²) < 4.78 is 26.3. The lowest BCUT2D eigenvalue weighted by Gasteiger charge is -2.43. The molecule has 0 bridgehead atoms. The minimum atomic E-state index is -0.705. The van der Waals surface area contributed by atoms with Gasteiger partial charge in [-0.25, -0.2) is 14.4 Å². The van der Waals surface area contributed by atoms with E-state index in [1.807, 2.05) is 18.7 Å². The second kappa shape index (κ2) is 9.46. The van der Waals surface area contributed by atoms with E-state index in [4.69, 9.17) is 26.8 Å². The Morgan fingerprint density at radius 1 is 1.36 bits per heavy atom. The topological polar surface area (TPSA) is 126 Å². The molecule has 1 aromatic heterocycles. The highest BCUT2D eigenvalue weighted by Crippen LogP contribution is 2.48. The second-order valence-electron chi connectivity index (χ2n) is 8.62. The fourth-order valence-corrected chi connectivity index (χ4v) is 4.43. The summed E-state index contributed by atoms with van der Waals surface area (Å²) in [5.41, 5.74) is 7.04. The zero-order valence-electron chi connectivity index (χ0n) is 18.8. The van der Waals surface area contributed by atoms with Crippen molar-refractivity contribution in [2.24, 2.45) is 0 Å². The summed E-state index contributed by atoms with van der Waals surface area (Å²) in [4.78, 5) is 10.6. The van der Waals surface area contributed by atoms with E-state index in [0.29, 0.717) is 36.6 Å². The van der Waals surface area contributed by atoms with Crippen molar-refractivity contribution >= 4 is 28.9 Å². The molecule has 2 aliphatic rings. The molecular formula is C22H29ClFN5O4. The van der Waals surface area contributed by atoms with Gasteiger partial charge in [-0.15, -0.1) is 0 Å². The van der Waals surface area contributed by atoms with E-state index in [1.54, 1.807) is 6.92 Å². The molecule has 5 N–H and O–H groups in total. The van der Waals surface area contributed by atoms with Gasteiger partial charge in [0.1, 0.15) is 18.1 Å². The SMILES string of the molecule is CC(O)C(C)N1c2c(N)c(F)cc(-c3nc(NC4CCOCC4O)ncc3Cl)c2OCC1C. The molecule has 1 fully saturated rings. The molecule has 180 valence electrons. The van der Waals surface area contributed by atoms with Crippen LogP contribution in [0, 0.1) is 5.82 Å². The van der Waals surface area contributed by atoms with Crippen LogP contribution in [0.5, 0.6) is 5.75 Å². The molecule has 5 unspecified atom stereocenters. The van der Waals surface area contributed by atoms with Gasteiger partial charge in [0.25, 0.3) is 0 Å². The fourth-order valence-electron chi connectivity index (χ4n) is 4.24. The normalized spacial score (nSPS) is 24.6. The monoisotopic (exact) mass is 481 g/mol. The molecule has 11 heteroatoms. The molecule has 5 atom stereocenters. The molecule has 2 aliphatic heterocycles. The number of nitrogens with two attached hydrogens (primary N) is 1.